The van der Waals surface area contributed by atoms with Gasteiger partial charge in [-0.1, -0.05) is 23.7 Å². The van der Waals surface area contributed by atoms with Gasteiger partial charge in [0.05, 0.1) is 5.56 Å². The summed E-state index contributed by atoms with van der Waals surface area (Å²) < 4.78 is 11.9. The van der Waals surface area contributed by atoms with Crippen molar-refractivity contribution < 1.29 is 4.21 Å². The number of fused-ring (bicyclic) bond motifs is 1. The Morgan fingerprint density at radius 3 is 2.47 bits per heavy atom. The first-order chi connectivity index (χ1) is 15.7. The van der Waals surface area contributed by atoms with Crippen LogP contribution in [0.4, 0.5) is 17.6 Å². The molecule has 0 saturated carbocycles. The zero-order valence-electron chi connectivity index (χ0n) is 17.8. The van der Waals surface area contributed by atoms with Crippen molar-refractivity contribution >= 4 is 46.2 Å². The molecule has 3 aliphatic heterocycles. The van der Waals surface area contributed by atoms with E-state index in [1.807, 2.05) is 35.5 Å². The number of aliphatic imine (C=N–C) groups is 1. The van der Waals surface area contributed by atoms with Crippen molar-refractivity contribution in [2.24, 2.45) is 4.99 Å². The van der Waals surface area contributed by atoms with E-state index >= 15 is 0 Å². The van der Waals surface area contributed by atoms with Crippen LogP contribution < -0.4 is 25.6 Å². The number of anilines is 3. The lowest BCUT2D eigenvalue weighted by molar-refractivity contribution is 0.575. The highest BCUT2D eigenvalue weighted by Crippen LogP contribution is 2.31. The Morgan fingerprint density at radius 1 is 1.00 bits per heavy atom. The van der Waals surface area contributed by atoms with E-state index in [0.29, 0.717) is 24.7 Å². The minimum absolute atomic E-state index is 0.474. The van der Waals surface area contributed by atoms with Crippen molar-refractivity contribution in [3.8, 4) is 0 Å². The monoisotopic (exact) mass is 474 g/mol. The third-order valence-corrected chi connectivity index (χ3v) is 7.38. The minimum atomic E-state index is -0.749. The second-order valence-electron chi connectivity index (χ2n) is 8.00. The largest absolute Gasteiger partial charge is 0.354 e. The number of hydrogen-bond donors (Lipinski definition) is 2. The highest BCUT2D eigenvalue weighted by Gasteiger charge is 2.28. The molecular formula is C21H27ClN8OS. The molecule has 1 aromatic carbocycles. The molecule has 1 aromatic heterocycles. The summed E-state index contributed by atoms with van der Waals surface area (Å²) in [5.41, 5.74) is 5.50. The van der Waals surface area contributed by atoms with Gasteiger partial charge in [-0.05, 0) is 17.7 Å². The fourth-order valence-electron chi connectivity index (χ4n) is 4.05. The Balaban J connectivity index is 1.46. The topological polar surface area (TPSA) is 89.0 Å². The summed E-state index contributed by atoms with van der Waals surface area (Å²) in [6, 6.07) is 7.80. The molecule has 2 saturated heterocycles. The predicted molar refractivity (Wildman–Crippen MR) is 130 cm³/mol. The molecular weight excluding hydrogens is 448 g/mol. The van der Waals surface area contributed by atoms with Crippen LogP contribution in [0.2, 0.25) is 5.02 Å². The first kappa shape index (κ1) is 21.6. The second-order valence-corrected chi connectivity index (χ2v) is 10.1. The molecule has 11 heteroatoms. The molecule has 0 aliphatic carbocycles. The molecule has 0 unspecified atom stereocenters. The molecule has 0 amide bonds. The van der Waals surface area contributed by atoms with Gasteiger partial charge in [-0.3, -0.25) is 14.2 Å². The van der Waals surface area contributed by atoms with Gasteiger partial charge in [-0.25, -0.2) is 5.43 Å². The molecule has 2 fully saturated rings. The lowest BCUT2D eigenvalue weighted by atomic mass is 10.2. The van der Waals surface area contributed by atoms with Crippen LogP contribution in [0.5, 0.6) is 0 Å². The number of hydrazine groups is 1. The molecule has 9 nitrogen and oxygen atoms in total. The molecule has 4 heterocycles. The zero-order valence-corrected chi connectivity index (χ0v) is 19.4. The molecule has 0 atom stereocenters. The molecule has 0 bridgehead atoms. The van der Waals surface area contributed by atoms with E-state index in [2.05, 4.69) is 25.5 Å². The van der Waals surface area contributed by atoms with E-state index in [-0.39, 0.29) is 0 Å². The molecule has 0 spiro atoms. The quantitative estimate of drug-likeness (QED) is 0.663. The van der Waals surface area contributed by atoms with Crippen LogP contribution in [0.1, 0.15) is 11.1 Å². The molecule has 3 aliphatic rings. The Bertz CT molecular complexity index is 1000. The number of nitrogens with zero attached hydrogens (tertiary/aromatic N) is 6. The number of hydrogen-bond acceptors (Lipinski definition) is 9. The first-order valence-corrected chi connectivity index (χ1v) is 12.8. The summed E-state index contributed by atoms with van der Waals surface area (Å²) in [4.78, 5) is 19.0. The van der Waals surface area contributed by atoms with Crippen molar-refractivity contribution in [2.45, 2.75) is 6.54 Å². The fraction of sp³-hybridized carbons (Fsp3) is 0.476. The predicted octanol–water partition coefficient (Wildman–Crippen LogP) is 1.01. The highest BCUT2D eigenvalue weighted by atomic mass is 35.5. The van der Waals surface area contributed by atoms with E-state index < -0.39 is 10.8 Å². The van der Waals surface area contributed by atoms with E-state index in [9.17, 15) is 4.21 Å². The normalized spacial score (nSPS) is 19.3. The van der Waals surface area contributed by atoms with Crippen molar-refractivity contribution in [3.63, 3.8) is 0 Å². The van der Waals surface area contributed by atoms with Gasteiger partial charge in [0.1, 0.15) is 12.5 Å². The van der Waals surface area contributed by atoms with Crippen LogP contribution in [-0.2, 0) is 17.3 Å². The summed E-state index contributed by atoms with van der Waals surface area (Å²) in [5, 5.41) is 6.10. The van der Waals surface area contributed by atoms with Crippen molar-refractivity contribution in [2.75, 3.05) is 72.3 Å². The van der Waals surface area contributed by atoms with E-state index in [1.165, 1.54) is 0 Å². The van der Waals surface area contributed by atoms with E-state index in [4.69, 9.17) is 21.6 Å². The molecule has 2 aromatic rings. The number of rotatable bonds is 5. The number of aromatic nitrogens is 2. The first-order valence-electron chi connectivity index (χ1n) is 10.9. The maximum absolute atomic E-state index is 11.9. The SMILES string of the molecule is O=S1CCN(c2nc(N3CCNCC3)nc3c2C=NCN3NCc2ccc(Cl)cc2)CC1. The summed E-state index contributed by atoms with van der Waals surface area (Å²) in [6.45, 7) is 6.13. The third-order valence-electron chi connectivity index (χ3n) is 5.86. The van der Waals surface area contributed by atoms with Gasteiger partial charge in [0.2, 0.25) is 5.95 Å². The van der Waals surface area contributed by atoms with Crippen LogP contribution >= 0.6 is 11.6 Å². The Hall–Kier alpha value is -2.27. The standard InChI is InChI=1S/C21H27ClN8OS/c22-17-3-1-16(2-4-17)13-25-30-15-24-14-18-19(28-9-11-32(31)12-10-28)26-21(27-20(18)30)29-7-5-23-6-8-29/h1-4,14,23,25H,5-13,15H2. The smallest absolute Gasteiger partial charge is 0.229 e. The molecule has 2 N–H and O–H groups in total. The van der Waals surface area contributed by atoms with Crippen LogP contribution in [0.25, 0.3) is 0 Å². The number of benzene rings is 1. The molecule has 170 valence electrons. The summed E-state index contributed by atoms with van der Waals surface area (Å²) in [7, 11) is -0.749. The van der Waals surface area contributed by atoms with Gasteiger partial charge >= 0.3 is 0 Å². The van der Waals surface area contributed by atoms with Gasteiger partial charge < -0.3 is 15.1 Å². The van der Waals surface area contributed by atoms with Gasteiger partial charge in [0.15, 0.2) is 5.82 Å². The maximum Gasteiger partial charge on any atom is 0.229 e. The van der Waals surface area contributed by atoms with E-state index in [1.54, 1.807) is 0 Å². The van der Waals surface area contributed by atoms with Gasteiger partial charge in [-0.15, -0.1) is 0 Å². The van der Waals surface area contributed by atoms with Gasteiger partial charge in [0, 0.05) is 79.4 Å². The Labute approximate surface area is 195 Å². The summed E-state index contributed by atoms with van der Waals surface area (Å²) in [6.07, 6.45) is 1.87. The number of piperazine rings is 1. The van der Waals surface area contributed by atoms with Crippen LogP contribution in [-0.4, -0.2) is 77.8 Å². The highest BCUT2D eigenvalue weighted by molar-refractivity contribution is 7.85. The summed E-state index contributed by atoms with van der Waals surface area (Å²) >= 11 is 6.02. The van der Waals surface area contributed by atoms with Crippen LogP contribution in [0.15, 0.2) is 29.3 Å². The lowest BCUT2D eigenvalue weighted by Gasteiger charge is -2.35. The summed E-state index contributed by atoms with van der Waals surface area (Å²) in [5.74, 6) is 3.77. The molecule has 5 rings (SSSR count). The van der Waals surface area contributed by atoms with Gasteiger partial charge in [-0.2, -0.15) is 9.97 Å². The number of halogens is 1. The van der Waals surface area contributed by atoms with E-state index in [0.717, 1.165) is 73.0 Å². The van der Waals surface area contributed by atoms with Crippen molar-refractivity contribution in [3.05, 3.63) is 40.4 Å². The molecule has 0 radical (unpaired) electrons. The van der Waals surface area contributed by atoms with Gasteiger partial charge in [0.25, 0.3) is 0 Å². The van der Waals surface area contributed by atoms with Crippen molar-refractivity contribution in [1.82, 2.24) is 20.7 Å². The Kier molecular flexibility index (Phi) is 6.54. The zero-order chi connectivity index (χ0) is 21.9. The maximum atomic E-state index is 11.9. The minimum Gasteiger partial charge on any atom is -0.354 e. The van der Waals surface area contributed by atoms with Crippen LogP contribution in [0.3, 0.4) is 0 Å². The Morgan fingerprint density at radius 2 is 1.72 bits per heavy atom. The van der Waals surface area contributed by atoms with Crippen LogP contribution in [0, 0.1) is 0 Å². The molecule has 32 heavy (non-hydrogen) atoms. The third kappa shape index (κ3) is 4.73. The van der Waals surface area contributed by atoms with Crippen molar-refractivity contribution in [1.29, 1.82) is 0 Å². The average Bonchev–Trinajstić information content (AvgIpc) is 2.84. The fourth-order valence-corrected chi connectivity index (χ4v) is 5.23. The number of nitrogens with one attached hydrogen (secondary N) is 2. The average molecular weight is 475 g/mol. The second kappa shape index (κ2) is 9.70. The lowest BCUT2D eigenvalue weighted by Crippen LogP contribution is -2.46.